The maximum absolute atomic E-state index is 14.0. The molecule has 0 bridgehead atoms. The normalized spacial score (nSPS) is 15.3. The number of nitrogens with zero attached hydrogens (tertiary/aromatic N) is 2. The number of rotatable bonds is 6. The van der Waals surface area contributed by atoms with Crippen LogP contribution in [0.1, 0.15) is 29.7 Å². The monoisotopic (exact) mass is 551 g/mol. The number of aromatic amines is 1. The third-order valence-corrected chi connectivity index (χ3v) is 8.44. The van der Waals surface area contributed by atoms with Crippen LogP contribution in [0.4, 0.5) is 0 Å². The van der Waals surface area contributed by atoms with Gasteiger partial charge in [-0.15, -0.1) is 11.8 Å². The highest BCUT2D eigenvalue weighted by molar-refractivity contribution is 7.98. The number of benzene rings is 3. The molecule has 0 amide bonds. The predicted molar refractivity (Wildman–Crippen MR) is 158 cm³/mol. The number of para-hydroxylation sites is 1. The van der Waals surface area contributed by atoms with Gasteiger partial charge in [-0.3, -0.25) is 9.36 Å². The van der Waals surface area contributed by atoms with Gasteiger partial charge in [-0.2, -0.15) is 0 Å². The van der Waals surface area contributed by atoms with Crippen molar-refractivity contribution in [1.29, 1.82) is 0 Å². The third kappa shape index (κ3) is 4.56. The fourth-order valence-corrected chi connectivity index (χ4v) is 6.30. The van der Waals surface area contributed by atoms with E-state index >= 15 is 0 Å². The molecular weight excluding hydrogens is 526 g/mol. The summed E-state index contributed by atoms with van der Waals surface area (Å²) in [6.45, 7) is 1.99. The fourth-order valence-electron chi connectivity index (χ4n) is 4.90. The number of esters is 1. The SMILES string of the molecule is CCOC(=O)C1=C(c2ccccc2)N=c2s/c(=C/c3c[nH]c4ccccc34)c(=O)n2C1c1ccc(SC)cc1. The molecule has 3 heterocycles. The van der Waals surface area contributed by atoms with E-state index < -0.39 is 12.0 Å². The molecule has 0 spiro atoms. The second-order valence-electron chi connectivity index (χ2n) is 8.99. The lowest BCUT2D eigenvalue weighted by Gasteiger charge is -2.26. The summed E-state index contributed by atoms with van der Waals surface area (Å²) in [5, 5.41) is 1.03. The molecule has 5 aromatic rings. The van der Waals surface area contributed by atoms with E-state index in [4.69, 9.17) is 9.73 Å². The highest BCUT2D eigenvalue weighted by Gasteiger charge is 2.35. The first kappa shape index (κ1) is 25.2. The smallest absolute Gasteiger partial charge is 0.338 e. The molecule has 8 heteroatoms. The lowest BCUT2D eigenvalue weighted by molar-refractivity contribution is -0.138. The van der Waals surface area contributed by atoms with Gasteiger partial charge in [0.2, 0.25) is 0 Å². The summed E-state index contributed by atoms with van der Waals surface area (Å²) >= 11 is 2.96. The summed E-state index contributed by atoms with van der Waals surface area (Å²) in [6.07, 6.45) is 5.81. The largest absolute Gasteiger partial charge is 0.463 e. The first-order valence-corrected chi connectivity index (χ1v) is 14.6. The van der Waals surface area contributed by atoms with Crippen LogP contribution in [0.25, 0.3) is 22.7 Å². The van der Waals surface area contributed by atoms with Gasteiger partial charge in [-0.25, -0.2) is 9.79 Å². The van der Waals surface area contributed by atoms with Crippen LogP contribution in [0.2, 0.25) is 0 Å². The van der Waals surface area contributed by atoms with Gasteiger partial charge in [0.05, 0.1) is 28.5 Å². The van der Waals surface area contributed by atoms with Gasteiger partial charge in [-0.1, -0.05) is 72.0 Å². The second-order valence-corrected chi connectivity index (χ2v) is 10.9. The minimum Gasteiger partial charge on any atom is -0.463 e. The minimum atomic E-state index is -0.684. The molecule has 1 atom stereocenters. The standard InChI is InChI=1S/C31H25N3O3S2/c1-3-37-30(36)26-27(19-9-5-4-6-10-19)33-31-34(28(26)20-13-15-22(38-2)16-14-20)29(35)25(39-31)17-21-18-32-24-12-8-7-11-23(21)24/h4-18,28,32H,3H2,1-2H3/b25-17+. The summed E-state index contributed by atoms with van der Waals surface area (Å²) in [5.74, 6) is -0.482. The van der Waals surface area contributed by atoms with E-state index in [2.05, 4.69) is 4.98 Å². The zero-order chi connectivity index (χ0) is 26.9. The Bertz CT molecular complexity index is 1900. The molecule has 1 aliphatic rings. The van der Waals surface area contributed by atoms with Gasteiger partial charge in [0.1, 0.15) is 0 Å². The molecule has 1 unspecified atom stereocenters. The Balaban J connectivity index is 1.64. The molecule has 1 aliphatic heterocycles. The molecule has 194 valence electrons. The van der Waals surface area contributed by atoms with E-state index in [1.807, 2.05) is 97.4 Å². The predicted octanol–water partition coefficient (Wildman–Crippen LogP) is 5.14. The van der Waals surface area contributed by atoms with Crippen molar-refractivity contribution in [3.63, 3.8) is 0 Å². The maximum Gasteiger partial charge on any atom is 0.338 e. The number of thioether (sulfide) groups is 1. The van der Waals surface area contributed by atoms with E-state index in [0.29, 0.717) is 20.6 Å². The van der Waals surface area contributed by atoms with Gasteiger partial charge < -0.3 is 9.72 Å². The van der Waals surface area contributed by atoms with E-state index in [0.717, 1.165) is 32.5 Å². The Morgan fingerprint density at radius 2 is 1.82 bits per heavy atom. The second kappa shape index (κ2) is 10.6. The van der Waals surface area contributed by atoms with E-state index in [9.17, 15) is 9.59 Å². The third-order valence-electron chi connectivity index (χ3n) is 6.71. The van der Waals surface area contributed by atoms with Crippen molar-refractivity contribution in [1.82, 2.24) is 9.55 Å². The summed E-state index contributed by atoms with van der Waals surface area (Å²) in [5.41, 5.74) is 4.21. The summed E-state index contributed by atoms with van der Waals surface area (Å²) < 4.78 is 7.72. The van der Waals surface area contributed by atoms with E-state index in [1.54, 1.807) is 23.3 Å². The van der Waals surface area contributed by atoms with Crippen molar-refractivity contribution in [2.24, 2.45) is 4.99 Å². The molecular formula is C31H25N3O3S2. The van der Waals surface area contributed by atoms with Crippen molar-refractivity contribution in [3.8, 4) is 0 Å². The number of ether oxygens (including phenoxy) is 1. The van der Waals surface area contributed by atoms with Crippen LogP contribution in [0.5, 0.6) is 0 Å². The maximum atomic E-state index is 14.0. The highest BCUT2D eigenvalue weighted by atomic mass is 32.2. The van der Waals surface area contributed by atoms with Crippen molar-refractivity contribution in [3.05, 3.63) is 127 Å². The van der Waals surface area contributed by atoms with Crippen molar-refractivity contribution >= 4 is 51.7 Å². The molecule has 0 saturated heterocycles. The average molecular weight is 552 g/mol. The summed E-state index contributed by atoms with van der Waals surface area (Å²) in [7, 11) is 0. The quantitative estimate of drug-likeness (QED) is 0.234. The number of aromatic nitrogens is 2. The molecule has 2 aromatic heterocycles. The Morgan fingerprint density at radius 1 is 1.08 bits per heavy atom. The van der Waals surface area contributed by atoms with Gasteiger partial charge in [0.25, 0.3) is 5.56 Å². The van der Waals surface area contributed by atoms with Crippen molar-refractivity contribution in [2.45, 2.75) is 17.9 Å². The number of nitrogens with one attached hydrogen (secondary N) is 1. The van der Waals surface area contributed by atoms with Crippen LogP contribution in [0.3, 0.4) is 0 Å². The molecule has 6 rings (SSSR count). The molecule has 0 fully saturated rings. The molecule has 0 saturated carbocycles. The zero-order valence-corrected chi connectivity index (χ0v) is 23.0. The minimum absolute atomic E-state index is 0.197. The molecule has 0 radical (unpaired) electrons. The molecule has 6 nitrogen and oxygen atoms in total. The van der Waals surface area contributed by atoms with Gasteiger partial charge in [0.15, 0.2) is 4.80 Å². The van der Waals surface area contributed by atoms with Gasteiger partial charge in [-0.05, 0) is 43.0 Å². The van der Waals surface area contributed by atoms with Crippen LogP contribution in [0.15, 0.2) is 105 Å². The van der Waals surface area contributed by atoms with Gasteiger partial charge >= 0.3 is 5.97 Å². The topological polar surface area (TPSA) is 76.4 Å². The first-order chi connectivity index (χ1) is 19.1. The van der Waals surface area contributed by atoms with Crippen molar-refractivity contribution in [2.75, 3.05) is 12.9 Å². The first-order valence-electron chi connectivity index (χ1n) is 12.6. The van der Waals surface area contributed by atoms with Crippen LogP contribution in [-0.2, 0) is 9.53 Å². The van der Waals surface area contributed by atoms with Crippen LogP contribution >= 0.6 is 23.1 Å². The molecule has 0 aliphatic carbocycles. The van der Waals surface area contributed by atoms with E-state index in [-0.39, 0.29) is 12.2 Å². The Hall–Kier alpha value is -4.14. The number of carbonyl (C=O) groups excluding carboxylic acids is 1. The number of H-pyrrole nitrogens is 1. The number of hydrogen-bond donors (Lipinski definition) is 1. The molecule has 3 aromatic carbocycles. The fraction of sp³-hybridized carbons (Fsp3) is 0.129. The van der Waals surface area contributed by atoms with Crippen LogP contribution in [-0.4, -0.2) is 28.4 Å². The zero-order valence-electron chi connectivity index (χ0n) is 21.4. The Morgan fingerprint density at radius 3 is 2.56 bits per heavy atom. The highest BCUT2D eigenvalue weighted by Crippen LogP contribution is 2.35. The Labute approximate surface area is 233 Å². The Kier molecular flexibility index (Phi) is 6.81. The molecule has 1 N–H and O–H groups in total. The number of fused-ring (bicyclic) bond motifs is 2. The van der Waals surface area contributed by atoms with Crippen LogP contribution in [0, 0.1) is 0 Å². The lowest BCUT2D eigenvalue weighted by Crippen LogP contribution is -2.40. The van der Waals surface area contributed by atoms with Gasteiger partial charge in [0, 0.05) is 33.1 Å². The molecule has 39 heavy (non-hydrogen) atoms. The number of hydrogen-bond acceptors (Lipinski definition) is 6. The van der Waals surface area contributed by atoms with Crippen molar-refractivity contribution < 1.29 is 9.53 Å². The van der Waals surface area contributed by atoms with Crippen LogP contribution < -0.4 is 14.9 Å². The summed E-state index contributed by atoms with van der Waals surface area (Å²) in [6, 6.07) is 24.8. The number of thiazole rings is 1. The average Bonchev–Trinajstić information content (AvgIpc) is 3.53. The summed E-state index contributed by atoms with van der Waals surface area (Å²) in [4.78, 5) is 37.4. The van der Waals surface area contributed by atoms with E-state index in [1.165, 1.54) is 11.3 Å². The lowest BCUT2D eigenvalue weighted by atomic mass is 9.93. The number of carbonyl (C=O) groups is 1.